The van der Waals surface area contributed by atoms with Crippen LogP contribution in [0.25, 0.3) is 22.3 Å². The summed E-state index contributed by atoms with van der Waals surface area (Å²) in [7, 11) is -2.13. The van der Waals surface area contributed by atoms with Gasteiger partial charge in [-0.2, -0.15) is 0 Å². The van der Waals surface area contributed by atoms with Crippen molar-refractivity contribution in [2.24, 2.45) is 5.73 Å². The third-order valence-electron chi connectivity index (χ3n) is 6.61. The number of sulfonamides is 1. The molecule has 0 radical (unpaired) electrons. The molecule has 210 valence electrons. The van der Waals surface area contributed by atoms with Crippen LogP contribution in [-0.2, 0) is 10.0 Å². The molecule has 0 atom stereocenters. The van der Waals surface area contributed by atoms with E-state index < -0.39 is 16.1 Å². The van der Waals surface area contributed by atoms with Gasteiger partial charge in [0.1, 0.15) is 22.9 Å². The zero-order valence-electron chi connectivity index (χ0n) is 22.1. The van der Waals surface area contributed by atoms with Gasteiger partial charge < -0.3 is 24.9 Å². The van der Waals surface area contributed by atoms with Crippen molar-refractivity contribution in [2.45, 2.75) is 25.2 Å². The van der Waals surface area contributed by atoms with Crippen molar-refractivity contribution < 1.29 is 31.5 Å². The summed E-state index contributed by atoms with van der Waals surface area (Å²) in [5.41, 5.74) is 8.07. The second-order valence-electron chi connectivity index (χ2n) is 9.64. The smallest absolute Gasteiger partial charge is 0.412 e. The molecule has 1 aliphatic rings. The van der Waals surface area contributed by atoms with E-state index in [-0.39, 0.29) is 24.0 Å². The Kier molecular flexibility index (Phi) is 7.68. The Labute approximate surface area is 231 Å². The SMILES string of the molecule is CNC(=O)Oc1c(-c2ccc(Oc3ccc(F)cc3)cc2)oc2cc(N(CCCN)S(C)(=O)=O)c(C3CC3)cc12. The van der Waals surface area contributed by atoms with Gasteiger partial charge in [0.05, 0.1) is 17.3 Å². The van der Waals surface area contributed by atoms with Gasteiger partial charge in [0.25, 0.3) is 0 Å². The van der Waals surface area contributed by atoms with Gasteiger partial charge in [-0.3, -0.25) is 4.31 Å². The number of carbonyl (C=O) groups is 1. The summed E-state index contributed by atoms with van der Waals surface area (Å²) < 4.78 is 57.8. The molecule has 1 aliphatic carbocycles. The molecular weight excluding hydrogens is 537 g/mol. The summed E-state index contributed by atoms with van der Waals surface area (Å²) in [6.45, 7) is 0.591. The fourth-order valence-electron chi connectivity index (χ4n) is 4.51. The average molecular weight is 568 g/mol. The Morgan fingerprint density at radius 1 is 1.10 bits per heavy atom. The molecule has 0 bridgehead atoms. The van der Waals surface area contributed by atoms with Gasteiger partial charge in [-0.15, -0.1) is 0 Å². The molecule has 1 fully saturated rings. The molecule has 1 amide bonds. The maximum absolute atomic E-state index is 13.2. The molecule has 5 rings (SSSR count). The standard InChI is InChI=1S/C29H30FN3O6S/c1-32-29(34)39-28-24-16-23(18-4-5-18)25(33(15-3-14-31)40(2,35)36)17-26(24)38-27(28)19-6-10-21(11-7-19)37-22-12-8-20(30)9-13-22/h6-13,16-18H,3-5,14-15,31H2,1-2H3,(H,32,34). The number of rotatable bonds is 10. The van der Waals surface area contributed by atoms with Gasteiger partial charge in [-0.05, 0) is 91.9 Å². The number of amides is 1. The minimum atomic E-state index is -3.59. The first-order valence-corrected chi connectivity index (χ1v) is 14.7. The number of hydrogen-bond acceptors (Lipinski definition) is 7. The monoisotopic (exact) mass is 567 g/mol. The van der Waals surface area contributed by atoms with Crippen molar-refractivity contribution in [1.82, 2.24) is 5.32 Å². The minimum absolute atomic E-state index is 0.190. The fourth-order valence-corrected chi connectivity index (χ4v) is 5.49. The third kappa shape index (κ3) is 5.90. The topological polar surface area (TPSA) is 124 Å². The van der Waals surface area contributed by atoms with Gasteiger partial charge in [0.15, 0.2) is 11.5 Å². The predicted octanol–water partition coefficient (Wildman–Crippen LogP) is 5.74. The lowest BCUT2D eigenvalue weighted by Crippen LogP contribution is -2.32. The summed E-state index contributed by atoms with van der Waals surface area (Å²) >= 11 is 0. The van der Waals surface area contributed by atoms with Crippen molar-refractivity contribution in [2.75, 3.05) is 30.7 Å². The number of anilines is 1. The number of furan rings is 1. The molecule has 0 saturated heterocycles. The number of benzene rings is 3. The van der Waals surface area contributed by atoms with E-state index in [2.05, 4.69) is 5.32 Å². The third-order valence-corrected chi connectivity index (χ3v) is 7.79. The Morgan fingerprint density at radius 3 is 2.33 bits per heavy atom. The van der Waals surface area contributed by atoms with E-state index in [0.29, 0.717) is 52.4 Å². The molecule has 0 spiro atoms. The van der Waals surface area contributed by atoms with Crippen LogP contribution in [0.1, 0.15) is 30.7 Å². The molecule has 3 aromatic carbocycles. The number of fused-ring (bicyclic) bond motifs is 1. The Hall–Kier alpha value is -4.09. The Bertz CT molecular complexity index is 1630. The highest BCUT2D eigenvalue weighted by atomic mass is 32.2. The number of ether oxygens (including phenoxy) is 2. The average Bonchev–Trinajstić information content (AvgIpc) is 3.72. The van der Waals surface area contributed by atoms with Crippen LogP contribution in [0.5, 0.6) is 17.2 Å². The summed E-state index contributed by atoms with van der Waals surface area (Å²) in [5.74, 6) is 1.36. The van der Waals surface area contributed by atoms with Crippen molar-refractivity contribution in [1.29, 1.82) is 0 Å². The van der Waals surface area contributed by atoms with Crippen molar-refractivity contribution in [3.63, 3.8) is 0 Å². The number of nitrogens with zero attached hydrogens (tertiary/aromatic N) is 1. The lowest BCUT2D eigenvalue weighted by molar-refractivity contribution is 0.203. The number of carbonyl (C=O) groups excluding carboxylic acids is 1. The zero-order valence-corrected chi connectivity index (χ0v) is 23.0. The lowest BCUT2D eigenvalue weighted by atomic mass is 10.0. The van der Waals surface area contributed by atoms with Crippen molar-refractivity contribution in [3.05, 3.63) is 72.0 Å². The minimum Gasteiger partial charge on any atom is -0.457 e. The van der Waals surface area contributed by atoms with Crippen LogP contribution >= 0.6 is 0 Å². The maximum Gasteiger partial charge on any atom is 0.412 e. The largest absolute Gasteiger partial charge is 0.457 e. The summed E-state index contributed by atoms with van der Waals surface area (Å²) in [6.07, 6.45) is 2.86. The molecule has 4 aromatic rings. The van der Waals surface area contributed by atoms with Crippen LogP contribution in [0.15, 0.2) is 65.1 Å². The van der Waals surface area contributed by atoms with E-state index in [1.165, 1.54) is 41.9 Å². The van der Waals surface area contributed by atoms with Gasteiger partial charge >= 0.3 is 6.09 Å². The quantitative estimate of drug-likeness (QED) is 0.250. The summed E-state index contributed by atoms with van der Waals surface area (Å²) in [4.78, 5) is 12.3. The molecule has 1 saturated carbocycles. The second-order valence-corrected chi connectivity index (χ2v) is 11.5. The van der Waals surface area contributed by atoms with Gasteiger partial charge in [-0.25, -0.2) is 17.6 Å². The van der Waals surface area contributed by atoms with E-state index in [9.17, 15) is 17.6 Å². The van der Waals surface area contributed by atoms with E-state index >= 15 is 0 Å². The van der Waals surface area contributed by atoms with Gasteiger partial charge in [0, 0.05) is 25.2 Å². The van der Waals surface area contributed by atoms with E-state index in [1.54, 1.807) is 30.3 Å². The normalized spacial score (nSPS) is 13.3. The molecule has 1 aromatic heterocycles. The number of halogens is 1. The number of hydrogen-bond donors (Lipinski definition) is 2. The number of nitrogens with one attached hydrogen (secondary N) is 1. The molecule has 40 heavy (non-hydrogen) atoms. The van der Waals surface area contributed by atoms with E-state index in [0.717, 1.165) is 18.4 Å². The van der Waals surface area contributed by atoms with Crippen LogP contribution in [0.4, 0.5) is 14.9 Å². The lowest BCUT2D eigenvalue weighted by Gasteiger charge is -2.25. The first-order chi connectivity index (χ1) is 19.2. The molecule has 9 nitrogen and oxygen atoms in total. The highest BCUT2D eigenvalue weighted by Crippen LogP contribution is 2.49. The van der Waals surface area contributed by atoms with Crippen LogP contribution in [0, 0.1) is 5.82 Å². The molecule has 11 heteroatoms. The molecule has 1 heterocycles. The first-order valence-electron chi connectivity index (χ1n) is 12.9. The maximum atomic E-state index is 13.2. The van der Waals surface area contributed by atoms with E-state index in [4.69, 9.17) is 19.6 Å². The van der Waals surface area contributed by atoms with Crippen LogP contribution < -0.4 is 24.8 Å². The molecular formula is C29H30FN3O6S. The molecule has 3 N–H and O–H groups in total. The van der Waals surface area contributed by atoms with Crippen LogP contribution in [-0.4, -0.2) is 40.9 Å². The fraction of sp³-hybridized carbons (Fsp3) is 0.276. The van der Waals surface area contributed by atoms with E-state index in [1.807, 2.05) is 6.07 Å². The Balaban J connectivity index is 1.59. The van der Waals surface area contributed by atoms with Crippen LogP contribution in [0.3, 0.4) is 0 Å². The van der Waals surface area contributed by atoms with Crippen LogP contribution in [0.2, 0.25) is 0 Å². The number of nitrogens with two attached hydrogens (primary N) is 1. The molecule has 0 aliphatic heterocycles. The van der Waals surface area contributed by atoms with Gasteiger partial charge in [-0.1, -0.05) is 0 Å². The molecule has 0 unspecified atom stereocenters. The summed E-state index contributed by atoms with van der Waals surface area (Å²) in [6, 6.07) is 16.2. The van der Waals surface area contributed by atoms with Crippen molar-refractivity contribution >= 4 is 32.8 Å². The second kappa shape index (κ2) is 11.2. The predicted molar refractivity (Wildman–Crippen MR) is 151 cm³/mol. The highest BCUT2D eigenvalue weighted by molar-refractivity contribution is 7.92. The van der Waals surface area contributed by atoms with Crippen molar-refractivity contribution in [3.8, 4) is 28.6 Å². The first kappa shape index (κ1) is 27.5. The Morgan fingerprint density at radius 2 is 1.75 bits per heavy atom. The zero-order chi connectivity index (χ0) is 28.4. The van der Waals surface area contributed by atoms with Gasteiger partial charge in [0.2, 0.25) is 10.0 Å². The summed E-state index contributed by atoms with van der Waals surface area (Å²) in [5, 5.41) is 3.02. The highest BCUT2D eigenvalue weighted by Gasteiger charge is 2.32.